The Morgan fingerprint density at radius 3 is 2.79 bits per heavy atom. The molecule has 1 aliphatic heterocycles. The van der Waals surface area contributed by atoms with Crippen molar-refractivity contribution in [1.82, 2.24) is 30.8 Å². The zero-order valence-corrected chi connectivity index (χ0v) is 18.1. The summed E-state index contributed by atoms with van der Waals surface area (Å²) in [6.07, 6.45) is 9.37. The number of nitrogens with one attached hydrogen (secondary N) is 2. The van der Waals surface area contributed by atoms with Gasteiger partial charge in [0.15, 0.2) is 5.82 Å². The van der Waals surface area contributed by atoms with Gasteiger partial charge >= 0.3 is 0 Å². The van der Waals surface area contributed by atoms with Gasteiger partial charge in [0.25, 0.3) is 0 Å². The number of ether oxygens (including phenoxy) is 1. The average molecular weight is 405 g/mol. The highest BCUT2D eigenvalue weighted by atomic mass is 16.5. The van der Waals surface area contributed by atoms with E-state index in [1.165, 1.54) is 25.3 Å². The molecule has 2 fully saturated rings. The molecule has 0 spiro atoms. The molecule has 1 saturated carbocycles. The van der Waals surface area contributed by atoms with Crippen LogP contribution in [0.4, 0.5) is 0 Å². The van der Waals surface area contributed by atoms with Crippen molar-refractivity contribution < 1.29 is 9.53 Å². The van der Waals surface area contributed by atoms with Gasteiger partial charge in [-0.05, 0) is 81.8 Å². The molecule has 8 heteroatoms. The van der Waals surface area contributed by atoms with Crippen LogP contribution in [0.25, 0.3) is 0 Å². The van der Waals surface area contributed by atoms with E-state index in [1.807, 2.05) is 18.5 Å². The van der Waals surface area contributed by atoms with Crippen LogP contribution in [-0.2, 0) is 21.6 Å². The first kappa shape index (κ1) is 21.9. The number of carbonyl (C=O) groups excluding carboxylic acids is 1. The molecule has 0 radical (unpaired) electrons. The third kappa shape index (κ3) is 6.34. The Balaban J connectivity index is 1.74. The molecular formula is C21H36N6O2. The third-order valence-electron chi connectivity index (χ3n) is 5.87. The van der Waals surface area contributed by atoms with Crippen LogP contribution in [0.1, 0.15) is 71.5 Å². The zero-order valence-electron chi connectivity index (χ0n) is 18.1. The number of rotatable bonds is 12. The molecule has 2 atom stereocenters. The minimum Gasteiger partial charge on any atom is -0.376 e. The van der Waals surface area contributed by atoms with E-state index in [0.717, 1.165) is 44.2 Å². The van der Waals surface area contributed by atoms with Crippen LogP contribution in [0.5, 0.6) is 0 Å². The third-order valence-corrected chi connectivity index (χ3v) is 5.87. The molecule has 0 bridgehead atoms. The fraction of sp³-hybridized carbons (Fsp3) is 0.810. The Kier molecular flexibility index (Phi) is 7.05. The van der Waals surface area contributed by atoms with Gasteiger partial charge < -0.3 is 15.4 Å². The lowest BCUT2D eigenvalue weighted by atomic mass is 9.84. The Hall–Kier alpha value is -1.80. The summed E-state index contributed by atoms with van der Waals surface area (Å²) in [5.74, 6) is 1.53. The number of aromatic nitrogens is 4. The first-order valence-electron chi connectivity index (χ1n) is 10.9. The number of hydrogen-bond donors (Lipinski definition) is 2. The largest absolute Gasteiger partial charge is 0.376 e. The highest BCUT2D eigenvalue weighted by molar-refractivity contribution is 5.87. The lowest BCUT2D eigenvalue weighted by Crippen LogP contribution is -2.53. The van der Waals surface area contributed by atoms with Gasteiger partial charge in [-0.1, -0.05) is 19.4 Å². The fourth-order valence-corrected chi connectivity index (χ4v) is 4.40. The van der Waals surface area contributed by atoms with Gasteiger partial charge in [-0.2, -0.15) is 0 Å². The van der Waals surface area contributed by atoms with E-state index in [0.29, 0.717) is 13.0 Å². The minimum absolute atomic E-state index is 0.157. The van der Waals surface area contributed by atoms with Gasteiger partial charge in [0, 0.05) is 12.1 Å². The average Bonchev–Trinajstić information content (AvgIpc) is 3.12. The molecule has 2 N–H and O–H groups in total. The number of tetrazole rings is 1. The lowest BCUT2D eigenvalue weighted by Gasteiger charge is -2.38. The summed E-state index contributed by atoms with van der Waals surface area (Å²) in [6, 6.07) is 0. The molecule has 8 nitrogen and oxygen atoms in total. The van der Waals surface area contributed by atoms with Crippen LogP contribution >= 0.6 is 0 Å². The van der Waals surface area contributed by atoms with E-state index in [2.05, 4.69) is 39.7 Å². The maximum atomic E-state index is 11.9. The van der Waals surface area contributed by atoms with Crippen LogP contribution in [-0.4, -0.2) is 50.9 Å². The number of hydrogen-bond acceptors (Lipinski definition) is 6. The van der Waals surface area contributed by atoms with Crippen molar-refractivity contribution >= 4 is 5.91 Å². The SMILES string of the molecule is C=CC(=O)NC(C)(C)CC(C)(NCCCC1CC1)c1nnnn1CC1CCCO1. The van der Waals surface area contributed by atoms with Gasteiger partial charge in [-0.25, -0.2) is 4.68 Å². The van der Waals surface area contributed by atoms with Crippen LogP contribution in [0.3, 0.4) is 0 Å². The topological polar surface area (TPSA) is 94.0 Å². The van der Waals surface area contributed by atoms with E-state index in [1.54, 1.807) is 0 Å². The highest BCUT2D eigenvalue weighted by Gasteiger charge is 2.39. The Morgan fingerprint density at radius 2 is 2.14 bits per heavy atom. The van der Waals surface area contributed by atoms with E-state index in [4.69, 9.17) is 4.74 Å². The van der Waals surface area contributed by atoms with Crippen molar-refractivity contribution in [2.45, 2.75) is 89.4 Å². The highest BCUT2D eigenvalue weighted by Crippen LogP contribution is 2.34. The molecule has 29 heavy (non-hydrogen) atoms. The molecule has 162 valence electrons. The first-order chi connectivity index (χ1) is 13.8. The Labute approximate surface area is 173 Å². The molecule has 1 aliphatic carbocycles. The summed E-state index contributed by atoms with van der Waals surface area (Å²) in [6.45, 7) is 12.1. The van der Waals surface area contributed by atoms with Gasteiger partial charge in [-0.3, -0.25) is 4.79 Å². The van der Waals surface area contributed by atoms with Crippen molar-refractivity contribution in [3.05, 3.63) is 18.5 Å². The van der Waals surface area contributed by atoms with E-state index in [9.17, 15) is 4.79 Å². The van der Waals surface area contributed by atoms with Gasteiger partial charge in [-0.15, -0.1) is 5.10 Å². The van der Waals surface area contributed by atoms with Crippen molar-refractivity contribution in [3.63, 3.8) is 0 Å². The second-order valence-corrected chi connectivity index (χ2v) is 9.42. The molecule has 2 heterocycles. The maximum absolute atomic E-state index is 11.9. The molecule has 2 aliphatic rings. The monoisotopic (exact) mass is 404 g/mol. The molecule has 0 aromatic carbocycles. The molecule has 1 aromatic heterocycles. The molecular weight excluding hydrogens is 368 g/mol. The van der Waals surface area contributed by atoms with Gasteiger partial charge in [0.05, 0.1) is 18.2 Å². The van der Waals surface area contributed by atoms with Crippen LogP contribution in [0.15, 0.2) is 12.7 Å². The maximum Gasteiger partial charge on any atom is 0.243 e. The predicted molar refractivity (Wildman–Crippen MR) is 111 cm³/mol. The summed E-state index contributed by atoms with van der Waals surface area (Å²) >= 11 is 0. The summed E-state index contributed by atoms with van der Waals surface area (Å²) in [7, 11) is 0. The summed E-state index contributed by atoms with van der Waals surface area (Å²) in [4.78, 5) is 11.9. The molecule has 1 aromatic rings. The smallest absolute Gasteiger partial charge is 0.243 e. The van der Waals surface area contributed by atoms with Crippen molar-refractivity contribution in [2.24, 2.45) is 5.92 Å². The van der Waals surface area contributed by atoms with E-state index in [-0.39, 0.29) is 12.0 Å². The summed E-state index contributed by atoms with van der Waals surface area (Å²) in [5.41, 5.74) is -0.937. The second-order valence-electron chi connectivity index (χ2n) is 9.42. The van der Waals surface area contributed by atoms with Crippen molar-refractivity contribution in [3.8, 4) is 0 Å². The second kappa shape index (κ2) is 9.34. The molecule has 3 rings (SSSR count). The van der Waals surface area contributed by atoms with E-state index >= 15 is 0 Å². The summed E-state index contributed by atoms with van der Waals surface area (Å²) in [5, 5.41) is 19.4. The standard InChI is InChI=1S/C21H36N6O2/c1-5-18(28)23-20(2,3)15-21(4,22-12-6-8-16-10-11-16)19-24-25-26-27(19)14-17-9-7-13-29-17/h5,16-17,22H,1,6-15H2,2-4H3,(H,23,28). The Bertz CT molecular complexity index is 693. The van der Waals surface area contributed by atoms with Crippen LogP contribution in [0.2, 0.25) is 0 Å². The van der Waals surface area contributed by atoms with Crippen LogP contribution in [0, 0.1) is 5.92 Å². The molecule has 1 amide bonds. The minimum atomic E-state index is -0.483. The van der Waals surface area contributed by atoms with E-state index < -0.39 is 11.1 Å². The summed E-state index contributed by atoms with van der Waals surface area (Å²) < 4.78 is 7.66. The quantitative estimate of drug-likeness (QED) is 0.410. The van der Waals surface area contributed by atoms with Gasteiger partial charge in [0.2, 0.25) is 5.91 Å². The predicted octanol–water partition coefficient (Wildman–Crippen LogP) is 2.32. The number of carbonyl (C=O) groups is 1. The number of nitrogens with zero attached hydrogens (tertiary/aromatic N) is 4. The molecule has 2 unspecified atom stereocenters. The van der Waals surface area contributed by atoms with Crippen molar-refractivity contribution in [2.75, 3.05) is 13.2 Å². The molecule has 1 saturated heterocycles. The van der Waals surface area contributed by atoms with Crippen LogP contribution < -0.4 is 10.6 Å². The fourth-order valence-electron chi connectivity index (χ4n) is 4.40. The number of amides is 1. The Morgan fingerprint density at radius 1 is 1.34 bits per heavy atom. The normalized spacial score (nSPS) is 21.7. The van der Waals surface area contributed by atoms with Gasteiger partial charge in [0.1, 0.15) is 0 Å². The lowest BCUT2D eigenvalue weighted by molar-refractivity contribution is -0.118. The zero-order chi connectivity index (χ0) is 20.9. The van der Waals surface area contributed by atoms with Crippen molar-refractivity contribution in [1.29, 1.82) is 0 Å². The first-order valence-corrected chi connectivity index (χ1v) is 10.9.